The monoisotopic (exact) mass is 260 g/mol. The summed E-state index contributed by atoms with van der Waals surface area (Å²) in [6.45, 7) is -0.435. The molecule has 2 rings (SSSR count). The fourth-order valence-electron chi connectivity index (χ4n) is 1.79. The smallest absolute Gasteiger partial charge is 0.257 e. The van der Waals surface area contributed by atoms with E-state index >= 15 is 0 Å². The number of hydrogen-bond donors (Lipinski definition) is 5. The second-order valence-corrected chi connectivity index (χ2v) is 4.19. The number of rotatable bonds is 2. The lowest BCUT2D eigenvalue weighted by molar-refractivity contribution is -0.0232. The van der Waals surface area contributed by atoms with Crippen LogP contribution in [0.2, 0.25) is 0 Å². The third-order valence-electron chi connectivity index (χ3n) is 2.70. The Morgan fingerprint density at radius 1 is 1.41 bits per heavy atom. The highest BCUT2D eigenvalue weighted by Crippen LogP contribution is 2.31. The second-order valence-electron chi connectivity index (χ2n) is 3.79. The molecule has 0 saturated carbocycles. The van der Waals surface area contributed by atoms with Crippen molar-refractivity contribution in [1.29, 1.82) is 0 Å². The zero-order chi connectivity index (χ0) is 12.6. The largest absolute Gasteiger partial charge is 0.394 e. The molecule has 8 heteroatoms. The first kappa shape index (κ1) is 12.4. The maximum atomic E-state index is 11.6. The van der Waals surface area contributed by atoms with E-state index in [0.29, 0.717) is 0 Å². The van der Waals surface area contributed by atoms with Gasteiger partial charge >= 0.3 is 0 Å². The second kappa shape index (κ2) is 4.67. The van der Waals surface area contributed by atoms with Gasteiger partial charge in [-0.1, -0.05) is 0 Å². The lowest BCUT2D eigenvalue weighted by atomic mass is 10.0. The van der Waals surface area contributed by atoms with Crippen LogP contribution in [-0.2, 0) is 4.74 Å². The molecular weight excluding hydrogens is 248 g/mol. The van der Waals surface area contributed by atoms with Gasteiger partial charge in [-0.15, -0.1) is 0 Å². The quantitative estimate of drug-likeness (QED) is 0.417. The Hall–Kier alpha value is -1.06. The van der Waals surface area contributed by atoms with Gasteiger partial charge in [0.2, 0.25) is 0 Å². The van der Waals surface area contributed by atoms with Crippen molar-refractivity contribution in [3.05, 3.63) is 26.9 Å². The molecule has 17 heavy (non-hydrogen) atoms. The number of hydrogen-bond acceptors (Lipinski definition) is 6. The predicted octanol–water partition coefficient (Wildman–Crippen LogP) is -1.41. The third kappa shape index (κ3) is 2.17. The first-order chi connectivity index (χ1) is 8.04. The van der Waals surface area contributed by atoms with Crippen molar-refractivity contribution >= 4 is 12.2 Å². The van der Waals surface area contributed by atoms with Crippen molar-refractivity contribution in [2.24, 2.45) is 0 Å². The van der Waals surface area contributed by atoms with Gasteiger partial charge in [0.15, 0.2) is 4.77 Å². The minimum atomic E-state index is -1.27. The average molecular weight is 260 g/mol. The standard InChI is InChI=1S/C9H12N2O5S/c12-2-4-5(13)6(14)7(16-4)3-1-10-9(17)11-8(3)15/h1,4-7,12-14H,2H2,(H2,10,11,15,17)/t4-,5+,6?,7+/m1/s1. The Labute approximate surface area is 101 Å². The molecule has 4 atom stereocenters. The predicted molar refractivity (Wildman–Crippen MR) is 59.0 cm³/mol. The van der Waals surface area contributed by atoms with Crippen molar-refractivity contribution in [2.45, 2.75) is 24.4 Å². The molecule has 1 fully saturated rings. The molecule has 1 aromatic heterocycles. The van der Waals surface area contributed by atoms with Gasteiger partial charge in [-0.05, 0) is 12.2 Å². The normalized spacial score (nSPS) is 32.9. The third-order valence-corrected chi connectivity index (χ3v) is 2.92. The zero-order valence-electron chi connectivity index (χ0n) is 8.66. The molecule has 1 unspecified atom stereocenters. The fraction of sp³-hybridized carbons (Fsp3) is 0.556. The van der Waals surface area contributed by atoms with Crippen molar-refractivity contribution in [2.75, 3.05) is 6.61 Å². The Morgan fingerprint density at radius 3 is 2.65 bits per heavy atom. The molecule has 1 aliphatic rings. The maximum Gasteiger partial charge on any atom is 0.257 e. The highest BCUT2D eigenvalue weighted by Gasteiger charge is 2.44. The van der Waals surface area contributed by atoms with E-state index in [1.165, 1.54) is 6.20 Å². The first-order valence-electron chi connectivity index (χ1n) is 4.99. The van der Waals surface area contributed by atoms with Crippen LogP contribution in [0.15, 0.2) is 11.0 Å². The van der Waals surface area contributed by atoms with Gasteiger partial charge in [0, 0.05) is 6.20 Å². The topological polar surface area (TPSA) is 119 Å². The highest BCUT2D eigenvalue weighted by atomic mass is 32.1. The van der Waals surface area contributed by atoms with E-state index in [2.05, 4.69) is 9.97 Å². The highest BCUT2D eigenvalue weighted by molar-refractivity contribution is 7.71. The summed E-state index contributed by atoms with van der Waals surface area (Å²) in [4.78, 5) is 16.6. The summed E-state index contributed by atoms with van der Waals surface area (Å²) >= 11 is 4.73. The van der Waals surface area contributed by atoms with Gasteiger partial charge in [0.05, 0.1) is 12.2 Å². The van der Waals surface area contributed by atoms with Crippen LogP contribution in [0.5, 0.6) is 0 Å². The summed E-state index contributed by atoms with van der Waals surface area (Å²) < 4.78 is 5.38. The van der Waals surface area contributed by atoms with E-state index < -0.39 is 36.6 Å². The molecule has 7 nitrogen and oxygen atoms in total. The molecule has 2 heterocycles. The van der Waals surface area contributed by atoms with Gasteiger partial charge in [-0.2, -0.15) is 0 Å². The molecule has 0 aliphatic carbocycles. The molecular formula is C9H12N2O5S. The van der Waals surface area contributed by atoms with Gasteiger partial charge in [-0.3, -0.25) is 9.78 Å². The Balaban J connectivity index is 2.35. The average Bonchev–Trinajstić information content (AvgIpc) is 2.57. The molecule has 1 aromatic rings. The Morgan fingerprint density at radius 2 is 2.12 bits per heavy atom. The van der Waals surface area contributed by atoms with Crippen LogP contribution in [0.3, 0.4) is 0 Å². The number of aromatic nitrogens is 2. The molecule has 0 aromatic carbocycles. The SMILES string of the molecule is O=c1[nH]c(=S)[nH]cc1[C@@H]1O[C@H](CO)[C@H](O)C1O. The minimum Gasteiger partial charge on any atom is -0.394 e. The van der Waals surface area contributed by atoms with Crippen LogP contribution >= 0.6 is 12.2 Å². The van der Waals surface area contributed by atoms with Crippen LogP contribution < -0.4 is 5.56 Å². The molecule has 5 N–H and O–H groups in total. The maximum absolute atomic E-state index is 11.6. The number of nitrogens with one attached hydrogen (secondary N) is 2. The van der Waals surface area contributed by atoms with Crippen LogP contribution in [0.4, 0.5) is 0 Å². The number of ether oxygens (including phenoxy) is 1. The van der Waals surface area contributed by atoms with Crippen molar-refractivity contribution < 1.29 is 20.1 Å². The first-order valence-corrected chi connectivity index (χ1v) is 5.39. The van der Waals surface area contributed by atoms with Crippen molar-refractivity contribution in [1.82, 2.24) is 9.97 Å². The van der Waals surface area contributed by atoms with Crippen LogP contribution in [0, 0.1) is 4.77 Å². The number of aromatic amines is 2. The summed E-state index contributed by atoms with van der Waals surface area (Å²) in [7, 11) is 0. The van der Waals surface area contributed by atoms with Crippen LogP contribution in [0.25, 0.3) is 0 Å². The summed E-state index contributed by atoms with van der Waals surface area (Å²) in [5.74, 6) is 0. The van der Waals surface area contributed by atoms with E-state index in [4.69, 9.17) is 22.1 Å². The summed E-state index contributed by atoms with van der Waals surface area (Å²) in [6.07, 6.45) is -3.07. The fourth-order valence-corrected chi connectivity index (χ4v) is 1.94. The lowest BCUT2D eigenvalue weighted by Crippen LogP contribution is -2.33. The summed E-state index contributed by atoms with van der Waals surface area (Å²) in [5.41, 5.74) is -0.371. The molecule has 1 saturated heterocycles. The minimum absolute atomic E-state index is 0.126. The molecule has 0 spiro atoms. The Kier molecular flexibility index (Phi) is 3.40. The summed E-state index contributed by atoms with van der Waals surface area (Å²) in [5, 5.41) is 28.2. The van der Waals surface area contributed by atoms with E-state index in [-0.39, 0.29) is 10.3 Å². The van der Waals surface area contributed by atoms with Gasteiger partial charge in [-0.25, -0.2) is 0 Å². The number of aliphatic hydroxyl groups excluding tert-OH is 3. The number of H-pyrrole nitrogens is 2. The lowest BCUT2D eigenvalue weighted by Gasteiger charge is -2.13. The van der Waals surface area contributed by atoms with Crippen molar-refractivity contribution in [3.63, 3.8) is 0 Å². The van der Waals surface area contributed by atoms with Crippen LogP contribution in [-0.4, -0.2) is 50.2 Å². The molecule has 0 radical (unpaired) electrons. The van der Waals surface area contributed by atoms with Crippen molar-refractivity contribution in [3.8, 4) is 0 Å². The molecule has 94 valence electrons. The van der Waals surface area contributed by atoms with Gasteiger partial charge in [0.25, 0.3) is 5.56 Å². The zero-order valence-corrected chi connectivity index (χ0v) is 9.48. The van der Waals surface area contributed by atoms with Gasteiger partial charge < -0.3 is 25.0 Å². The van der Waals surface area contributed by atoms with Crippen LogP contribution in [0.1, 0.15) is 11.7 Å². The number of aliphatic hydroxyl groups is 3. The van der Waals surface area contributed by atoms with E-state index in [9.17, 15) is 15.0 Å². The van der Waals surface area contributed by atoms with E-state index in [1.807, 2.05) is 0 Å². The Bertz CT molecular complexity index is 513. The van der Waals surface area contributed by atoms with E-state index in [0.717, 1.165) is 0 Å². The molecule has 1 aliphatic heterocycles. The van der Waals surface area contributed by atoms with E-state index in [1.54, 1.807) is 0 Å². The molecule has 0 amide bonds. The molecule has 0 bridgehead atoms. The summed E-state index contributed by atoms with van der Waals surface area (Å²) in [6, 6.07) is 0. The van der Waals surface area contributed by atoms with Gasteiger partial charge in [0.1, 0.15) is 24.4 Å².